The molecule has 0 unspecified atom stereocenters. The molecule has 0 radical (unpaired) electrons. The summed E-state index contributed by atoms with van der Waals surface area (Å²) in [5.41, 5.74) is -1.33. The van der Waals surface area contributed by atoms with Crippen LogP contribution in [0.2, 0.25) is 5.02 Å². The van der Waals surface area contributed by atoms with Crippen molar-refractivity contribution in [2.75, 3.05) is 7.11 Å². The van der Waals surface area contributed by atoms with Gasteiger partial charge in [0.1, 0.15) is 11.5 Å². The number of pyridine rings is 1. The first-order valence-electron chi connectivity index (χ1n) is 6.31. The van der Waals surface area contributed by atoms with E-state index in [4.69, 9.17) is 11.6 Å². The Morgan fingerprint density at radius 2 is 1.83 bits per heavy atom. The quantitative estimate of drug-likeness (QED) is 0.470. The van der Waals surface area contributed by atoms with Gasteiger partial charge < -0.3 is 4.74 Å². The number of carbonyl (C=O) groups is 2. The fourth-order valence-electron chi connectivity index (χ4n) is 1.83. The van der Waals surface area contributed by atoms with Crippen LogP contribution in [0.15, 0.2) is 30.3 Å². The topological polar surface area (TPSA) is 56.3 Å². The van der Waals surface area contributed by atoms with E-state index in [-0.39, 0.29) is 21.8 Å². The summed E-state index contributed by atoms with van der Waals surface area (Å²) in [6.07, 6.45) is -5.17. The van der Waals surface area contributed by atoms with Crippen LogP contribution in [0.25, 0.3) is 11.3 Å². The summed E-state index contributed by atoms with van der Waals surface area (Å²) >= 11 is 5.63. The molecule has 0 saturated carbocycles. The second-order valence-electron chi connectivity index (χ2n) is 4.57. The first kappa shape index (κ1) is 17.9. The summed E-state index contributed by atoms with van der Waals surface area (Å²) in [4.78, 5) is 26.6. The third kappa shape index (κ3) is 3.70. The highest BCUT2D eigenvalue weighted by Crippen LogP contribution is 2.27. The van der Waals surface area contributed by atoms with Gasteiger partial charge in [-0.25, -0.2) is 14.2 Å². The van der Waals surface area contributed by atoms with E-state index >= 15 is 0 Å². The number of esters is 1. The van der Waals surface area contributed by atoms with Gasteiger partial charge in [-0.15, -0.1) is 0 Å². The van der Waals surface area contributed by atoms with Gasteiger partial charge in [0, 0.05) is 5.56 Å². The fraction of sp³-hybridized carbons (Fsp3) is 0.133. The molecule has 0 saturated heterocycles. The number of halogens is 5. The number of benzene rings is 1. The highest BCUT2D eigenvalue weighted by atomic mass is 35.5. The van der Waals surface area contributed by atoms with Crippen molar-refractivity contribution in [2.45, 2.75) is 6.18 Å². The third-order valence-electron chi connectivity index (χ3n) is 2.95. The molecule has 0 atom stereocenters. The van der Waals surface area contributed by atoms with Crippen LogP contribution >= 0.6 is 11.6 Å². The van der Waals surface area contributed by atoms with Crippen LogP contribution in [0.1, 0.15) is 20.8 Å². The SMILES string of the molecule is COC(=O)c1cc(C(=O)C(F)(F)F)nc(-c2ccc(F)c(Cl)c2)c1. The number of methoxy groups -OCH3 is 1. The van der Waals surface area contributed by atoms with Gasteiger partial charge in [0.15, 0.2) is 0 Å². The lowest BCUT2D eigenvalue weighted by atomic mass is 10.1. The number of carbonyl (C=O) groups excluding carboxylic acids is 2. The first-order chi connectivity index (χ1) is 11.1. The molecule has 0 bridgehead atoms. The average molecular weight is 362 g/mol. The Morgan fingerprint density at radius 1 is 1.17 bits per heavy atom. The third-order valence-corrected chi connectivity index (χ3v) is 3.24. The molecule has 0 aliphatic rings. The Balaban J connectivity index is 2.64. The highest BCUT2D eigenvalue weighted by molar-refractivity contribution is 6.31. The van der Waals surface area contributed by atoms with Crippen LogP contribution in [-0.4, -0.2) is 30.0 Å². The van der Waals surface area contributed by atoms with E-state index in [2.05, 4.69) is 9.72 Å². The molecular weight excluding hydrogens is 354 g/mol. The van der Waals surface area contributed by atoms with Crippen molar-refractivity contribution >= 4 is 23.4 Å². The number of nitrogens with zero attached hydrogens (tertiary/aromatic N) is 1. The minimum Gasteiger partial charge on any atom is -0.465 e. The molecule has 1 heterocycles. The average Bonchev–Trinajstić information content (AvgIpc) is 2.54. The summed E-state index contributed by atoms with van der Waals surface area (Å²) in [6.45, 7) is 0. The number of rotatable bonds is 3. The number of alkyl halides is 3. The smallest absolute Gasteiger partial charge is 0.456 e. The van der Waals surface area contributed by atoms with Crippen molar-refractivity contribution in [3.8, 4) is 11.3 Å². The Bertz CT molecular complexity index is 821. The van der Waals surface area contributed by atoms with Crippen molar-refractivity contribution in [1.82, 2.24) is 4.98 Å². The molecule has 24 heavy (non-hydrogen) atoms. The van der Waals surface area contributed by atoms with E-state index in [0.29, 0.717) is 6.07 Å². The molecule has 0 spiro atoms. The number of ether oxygens (including phenoxy) is 1. The van der Waals surface area contributed by atoms with Crippen molar-refractivity contribution in [3.05, 3.63) is 52.4 Å². The molecule has 1 aromatic carbocycles. The van der Waals surface area contributed by atoms with Gasteiger partial charge in [-0.2, -0.15) is 13.2 Å². The summed E-state index contributed by atoms with van der Waals surface area (Å²) in [6, 6.07) is 5.09. The summed E-state index contributed by atoms with van der Waals surface area (Å²) in [5.74, 6) is -3.91. The maximum absolute atomic E-state index is 13.2. The molecule has 4 nitrogen and oxygen atoms in total. The summed E-state index contributed by atoms with van der Waals surface area (Å²) in [7, 11) is 1.03. The van der Waals surface area contributed by atoms with Crippen LogP contribution in [0.4, 0.5) is 17.6 Å². The molecule has 0 aliphatic carbocycles. The summed E-state index contributed by atoms with van der Waals surface area (Å²) in [5, 5.41) is -0.290. The molecule has 126 valence electrons. The normalized spacial score (nSPS) is 11.2. The van der Waals surface area contributed by atoms with Gasteiger partial charge in [0.2, 0.25) is 0 Å². The van der Waals surface area contributed by atoms with Crippen LogP contribution in [0, 0.1) is 5.82 Å². The Kier molecular flexibility index (Phi) is 4.88. The van der Waals surface area contributed by atoms with Crippen LogP contribution < -0.4 is 0 Å². The van der Waals surface area contributed by atoms with Gasteiger partial charge in [0.05, 0.1) is 23.4 Å². The molecule has 0 N–H and O–H groups in total. The van der Waals surface area contributed by atoms with E-state index in [1.807, 2.05) is 0 Å². The minimum atomic E-state index is -5.17. The molecule has 9 heteroatoms. The molecule has 0 fully saturated rings. The fourth-order valence-corrected chi connectivity index (χ4v) is 2.01. The highest BCUT2D eigenvalue weighted by Gasteiger charge is 2.40. The number of Topliss-reactive ketones (excluding diaryl/α,β-unsaturated/α-hetero) is 1. The van der Waals surface area contributed by atoms with Gasteiger partial charge in [-0.1, -0.05) is 11.6 Å². The minimum absolute atomic E-state index is 0.128. The number of hydrogen-bond acceptors (Lipinski definition) is 4. The Hall–Kier alpha value is -2.48. The van der Waals surface area contributed by atoms with Gasteiger partial charge in [0.25, 0.3) is 5.78 Å². The molecule has 0 amide bonds. The standard InChI is InChI=1S/C15H8ClF4NO3/c1-24-14(23)8-5-11(7-2-3-10(17)9(16)4-7)21-12(6-8)13(22)15(18,19)20/h2-6H,1H3. The second kappa shape index (κ2) is 6.56. The first-order valence-corrected chi connectivity index (χ1v) is 6.68. The van der Waals surface area contributed by atoms with Gasteiger partial charge in [-0.3, -0.25) is 4.79 Å². The van der Waals surface area contributed by atoms with Crippen LogP contribution in [-0.2, 0) is 4.74 Å². The molecule has 2 rings (SSSR count). The lowest BCUT2D eigenvalue weighted by molar-refractivity contribution is -0.0888. The van der Waals surface area contributed by atoms with Crippen molar-refractivity contribution < 1.29 is 31.9 Å². The lowest BCUT2D eigenvalue weighted by Crippen LogP contribution is -2.24. The number of hydrogen-bond donors (Lipinski definition) is 0. The van der Waals surface area contributed by atoms with E-state index in [9.17, 15) is 27.2 Å². The zero-order valence-corrected chi connectivity index (χ0v) is 12.7. The Labute approximate surface area is 138 Å². The van der Waals surface area contributed by atoms with Crippen molar-refractivity contribution in [3.63, 3.8) is 0 Å². The molecule has 2 aromatic rings. The summed E-state index contributed by atoms with van der Waals surface area (Å²) < 4.78 is 55.5. The zero-order chi connectivity index (χ0) is 18.1. The van der Waals surface area contributed by atoms with E-state index in [0.717, 1.165) is 25.3 Å². The molecule has 1 aromatic heterocycles. The van der Waals surface area contributed by atoms with E-state index in [1.165, 1.54) is 6.07 Å². The van der Waals surface area contributed by atoms with E-state index in [1.54, 1.807) is 0 Å². The largest absolute Gasteiger partial charge is 0.465 e. The number of aromatic nitrogens is 1. The molecular formula is C15H8ClF4NO3. The molecule has 0 aliphatic heterocycles. The second-order valence-corrected chi connectivity index (χ2v) is 4.98. The number of ketones is 1. The van der Waals surface area contributed by atoms with Gasteiger partial charge in [-0.05, 0) is 30.3 Å². The predicted octanol–water partition coefficient (Wildman–Crippen LogP) is 4.07. The monoisotopic (exact) mass is 361 g/mol. The maximum Gasteiger partial charge on any atom is 0.456 e. The Morgan fingerprint density at radius 3 is 2.38 bits per heavy atom. The predicted molar refractivity (Wildman–Crippen MR) is 76.4 cm³/mol. The van der Waals surface area contributed by atoms with E-state index < -0.39 is 29.4 Å². The van der Waals surface area contributed by atoms with Crippen LogP contribution in [0.3, 0.4) is 0 Å². The maximum atomic E-state index is 13.2. The zero-order valence-electron chi connectivity index (χ0n) is 11.9. The van der Waals surface area contributed by atoms with Crippen LogP contribution in [0.5, 0.6) is 0 Å². The van der Waals surface area contributed by atoms with Crippen molar-refractivity contribution in [2.24, 2.45) is 0 Å². The lowest BCUT2D eigenvalue weighted by Gasteiger charge is -2.10. The van der Waals surface area contributed by atoms with Gasteiger partial charge >= 0.3 is 12.1 Å². The van der Waals surface area contributed by atoms with Crippen molar-refractivity contribution in [1.29, 1.82) is 0 Å².